The molecule has 0 saturated carbocycles. The van der Waals surface area contributed by atoms with Crippen LogP contribution in [-0.4, -0.2) is 37.5 Å². The first-order chi connectivity index (χ1) is 7.27. The second-order valence-electron chi connectivity index (χ2n) is 3.21. The molecule has 0 fully saturated rings. The molecule has 0 aliphatic heterocycles. The lowest BCUT2D eigenvalue weighted by Gasteiger charge is -2.13. The summed E-state index contributed by atoms with van der Waals surface area (Å²) in [6, 6.07) is 0. The first-order valence-corrected chi connectivity index (χ1v) is 5.05. The molecule has 0 amide bonds. The van der Waals surface area contributed by atoms with Crippen molar-refractivity contribution in [2.75, 3.05) is 26.1 Å². The predicted molar refractivity (Wildman–Crippen MR) is 54.0 cm³/mol. The van der Waals surface area contributed by atoms with Crippen LogP contribution in [0.1, 0.15) is 11.0 Å². The van der Waals surface area contributed by atoms with Gasteiger partial charge in [0.25, 0.3) is 0 Å². The molecule has 0 unspecified atom stereocenters. The summed E-state index contributed by atoms with van der Waals surface area (Å²) in [6.07, 6.45) is -7.28. The lowest BCUT2D eigenvalue weighted by atomic mass is 10.3. The number of halogens is 3. The Bertz CT molecular complexity index is 365. The first-order valence-electron chi connectivity index (χ1n) is 4.24. The highest BCUT2D eigenvalue weighted by Gasteiger charge is 2.43. The van der Waals surface area contributed by atoms with E-state index in [9.17, 15) is 13.2 Å². The molecule has 0 aliphatic rings. The number of hydrogen-bond acceptors (Lipinski definition) is 5. The molecule has 0 bridgehead atoms. The Kier molecular flexibility index (Phi) is 3.64. The van der Waals surface area contributed by atoms with E-state index in [1.165, 1.54) is 7.11 Å². The molecule has 1 aromatic rings. The Morgan fingerprint density at radius 1 is 1.44 bits per heavy atom. The van der Waals surface area contributed by atoms with E-state index in [0.29, 0.717) is 5.13 Å². The zero-order valence-corrected chi connectivity index (χ0v) is 9.69. The normalized spacial score (nSPS) is 13.7. The van der Waals surface area contributed by atoms with Crippen LogP contribution in [0.5, 0.6) is 5.88 Å². The third-order valence-corrected chi connectivity index (χ3v) is 3.00. The maximum absolute atomic E-state index is 12.3. The topological polar surface area (TPSA) is 45.6 Å². The number of hydrogen-bond donors (Lipinski definition) is 1. The van der Waals surface area contributed by atoms with Crippen LogP contribution < -0.4 is 9.64 Å². The van der Waals surface area contributed by atoms with Gasteiger partial charge in [0.15, 0.2) is 11.2 Å². The van der Waals surface area contributed by atoms with E-state index >= 15 is 0 Å². The Morgan fingerprint density at radius 3 is 2.38 bits per heavy atom. The van der Waals surface area contributed by atoms with Gasteiger partial charge in [-0.2, -0.15) is 18.2 Å². The Hall–Kier alpha value is -1.02. The van der Waals surface area contributed by atoms with Crippen molar-refractivity contribution in [2.24, 2.45) is 0 Å². The molecule has 0 saturated heterocycles. The van der Waals surface area contributed by atoms with Crippen molar-refractivity contribution >= 4 is 16.5 Å². The van der Waals surface area contributed by atoms with Gasteiger partial charge in [0.05, 0.1) is 7.11 Å². The number of alkyl halides is 3. The summed E-state index contributed by atoms with van der Waals surface area (Å²) in [7, 11) is 4.49. The van der Waals surface area contributed by atoms with Crippen molar-refractivity contribution < 1.29 is 23.0 Å². The zero-order valence-electron chi connectivity index (χ0n) is 8.87. The predicted octanol–water partition coefficient (Wildman–Crippen LogP) is 1.81. The minimum Gasteiger partial charge on any atom is -0.480 e. The number of ether oxygens (including phenoxy) is 1. The lowest BCUT2D eigenvalue weighted by molar-refractivity contribution is -0.206. The van der Waals surface area contributed by atoms with Crippen molar-refractivity contribution in [1.29, 1.82) is 0 Å². The Labute approximate surface area is 94.3 Å². The van der Waals surface area contributed by atoms with Crippen molar-refractivity contribution in [1.82, 2.24) is 4.98 Å². The highest BCUT2D eigenvalue weighted by molar-refractivity contribution is 7.16. The van der Waals surface area contributed by atoms with Gasteiger partial charge in [-0.25, -0.2) is 0 Å². The summed E-state index contributed by atoms with van der Waals surface area (Å²) in [5, 5.41) is 9.45. The average molecular weight is 256 g/mol. The number of aromatic nitrogens is 1. The quantitative estimate of drug-likeness (QED) is 0.896. The summed E-state index contributed by atoms with van der Waals surface area (Å²) in [6.45, 7) is 0. The number of anilines is 1. The van der Waals surface area contributed by atoms with Crippen LogP contribution in [-0.2, 0) is 0 Å². The Morgan fingerprint density at radius 2 is 2.00 bits per heavy atom. The number of thiazole rings is 1. The third kappa shape index (κ3) is 2.56. The van der Waals surface area contributed by atoms with Gasteiger partial charge in [-0.05, 0) is 0 Å². The van der Waals surface area contributed by atoms with Crippen LogP contribution in [0.4, 0.5) is 18.3 Å². The van der Waals surface area contributed by atoms with E-state index in [2.05, 4.69) is 4.98 Å². The second kappa shape index (κ2) is 4.46. The van der Waals surface area contributed by atoms with Crippen LogP contribution in [0.25, 0.3) is 0 Å². The van der Waals surface area contributed by atoms with Crippen LogP contribution in [0.2, 0.25) is 0 Å². The fraction of sp³-hybridized carbons (Fsp3) is 0.625. The highest BCUT2D eigenvalue weighted by atomic mass is 32.1. The Balaban J connectivity index is 3.12. The van der Waals surface area contributed by atoms with Gasteiger partial charge in [0.1, 0.15) is 4.88 Å². The lowest BCUT2D eigenvalue weighted by Crippen LogP contribution is -2.19. The summed E-state index contributed by atoms with van der Waals surface area (Å²) in [5.41, 5.74) is 0. The summed E-state index contributed by atoms with van der Waals surface area (Å²) in [4.78, 5) is 5.03. The summed E-state index contributed by atoms with van der Waals surface area (Å²) < 4.78 is 41.7. The molecule has 1 rings (SSSR count). The molecule has 0 aliphatic carbocycles. The smallest absolute Gasteiger partial charge is 0.419 e. The monoisotopic (exact) mass is 256 g/mol. The van der Waals surface area contributed by atoms with Gasteiger partial charge in [-0.15, -0.1) is 0 Å². The molecule has 8 heteroatoms. The van der Waals surface area contributed by atoms with Crippen LogP contribution in [0.15, 0.2) is 0 Å². The minimum atomic E-state index is -4.72. The van der Waals surface area contributed by atoms with Gasteiger partial charge in [-0.1, -0.05) is 11.3 Å². The van der Waals surface area contributed by atoms with E-state index in [0.717, 1.165) is 11.3 Å². The van der Waals surface area contributed by atoms with E-state index in [4.69, 9.17) is 9.84 Å². The fourth-order valence-corrected chi connectivity index (χ4v) is 1.94. The molecule has 1 atom stereocenters. The van der Waals surface area contributed by atoms with E-state index in [1.54, 1.807) is 19.0 Å². The van der Waals surface area contributed by atoms with E-state index in [-0.39, 0.29) is 10.8 Å². The van der Waals surface area contributed by atoms with Crippen molar-refractivity contribution in [3.8, 4) is 5.88 Å². The van der Waals surface area contributed by atoms with Crippen molar-refractivity contribution in [2.45, 2.75) is 12.3 Å². The molecular weight excluding hydrogens is 245 g/mol. The molecular formula is C8H11F3N2O2S. The maximum Gasteiger partial charge on any atom is 0.419 e. The minimum absolute atomic E-state index is 0.196. The molecule has 1 N–H and O–H groups in total. The molecule has 0 aromatic carbocycles. The maximum atomic E-state index is 12.3. The van der Waals surface area contributed by atoms with Crippen LogP contribution in [0.3, 0.4) is 0 Å². The third-order valence-electron chi connectivity index (χ3n) is 1.74. The largest absolute Gasteiger partial charge is 0.480 e. The number of aliphatic hydroxyl groups excluding tert-OH is 1. The number of aliphatic hydroxyl groups is 1. The molecule has 0 spiro atoms. The van der Waals surface area contributed by atoms with Gasteiger partial charge in [0, 0.05) is 14.1 Å². The number of methoxy groups -OCH3 is 1. The van der Waals surface area contributed by atoms with Crippen molar-refractivity contribution in [3.63, 3.8) is 0 Å². The second-order valence-corrected chi connectivity index (χ2v) is 4.22. The SMILES string of the molecule is COc1nc(N(C)C)sc1[C@H](O)C(F)(F)F. The molecule has 1 aromatic heterocycles. The number of nitrogens with zero attached hydrogens (tertiary/aromatic N) is 2. The highest BCUT2D eigenvalue weighted by Crippen LogP contribution is 2.42. The summed E-state index contributed by atoms with van der Waals surface area (Å²) >= 11 is 0.747. The molecule has 92 valence electrons. The van der Waals surface area contributed by atoms with Gasteiger partial charge in [-0.3, -0.25) is 0 Å². The van der Waals surface area contributed by atoms with E-state index < -0.39 is 12.3 Å². The van der Waals surface area contributed by atoms with Gasteiger partial charge >= 0.3 is 6.18 Å². The summed E-state index contributed by atoms with van der Waals surface area (Å²) in [5.74, 6) is -0.196. The van der Waals surface area contributed by atoms with Crippen molar-refractivity contribution in [3.05, 3.63) is 4.88 Å². The average Bonchev–Trinajstić information content (AvgIpc) is 2.58. The molecule has 16 heavy (non-hydrogen) atoms. The zero-order chi connectivity index (χ0) is 12.5. The van der Waals surface area contributed by atoms with Crippen LogP contribution >= 0.6 is 11.3 Å². The first kappa shape index (κ1) is 13.0. The fourth-order valence-electron chi connectivity index (χ4n) is 0.966. The standard InChI is InChI=1S/C8H11F3N2O2S/c1-13(2)7-12-6(15-3)4(16-7)5(14)8(9,10)11/h5,14H,1-3H3/t5-/m0/s1. The molecule has 1 heterocycles. The van der Waals surface area contributed by atoms with Crippen LogP contribution in [0, 0.1) is 0 Å². The molecule has 0 radical (unpaired) electrons. The van der Waals surface area contributed by atoms with E-state index in [1.807, 2.05) is 0 Å². The van der Waals surface area contributed by atoms with Gasteiger partial charge in [0.2, 0.25) is 5.88 Å². The van der Waals surface area contributed by atoms with Gasteiger partial charge < -0.3 is 14.7 Å². The molecule has 4 nitrogen and oxygen atoms in total. The number of rotatable bonds is 3.